The molecule has 1 aliphatic heterocycles. The highest BCUT2D eigenvalue weighted by Gasteiger charge is 2.15. The quantitative estimate of drug-likeness (QED) is 0.639. The van der Waals surface area contributed by atoms with E-state index in [4.69, 9.17) is 0 Å². The van der Waals surface area contributed by atoms with E-state index in [9.17, 15) is 8.42 Å². The topological polar surface area (TPSA) is 58.2 Å². The molecule has 7 heteroatoms. The van der Waals surface area contributed by atoms with Gasteiger partial charge in [-0.3, -0.25) is 0 Å². The predicted molar refractivity (Wildman–Crippen MR) is 86.2 cm³/mol. The van der Waals surface area contributed by atoms with E-state index in [0.717, 1.165) is 30.0 Å². The molecule has 0 saturated carbocycles. The van der Waals surface area contributed by atoms with E-state index >= 15 is 0 Å². The number of thioether (sulfide) groups is 1. The van der Waals surface area contributed by atoms with Crippen LogP contribution >= 0.6 is 24.2 Å². The van der Waals surface area contributed by atoms with Crippen molar-refractivity contribution in [1.29, 1.82) is 0 Å². The normalized spacial score (nSPS) is 15.3. The number of hydrogen-bond acceptors (Lipinski definition) is 4. The van der Waals surface area contributed by atoms with Gasteiger partial charge < -0.3 is 5.32 Å². The molecule has 1 heterocycles. The van der Waals surface area contributed by atoms with Crippen LogP contribution in [-0.2, 0) is 10.0 Å². The molecular weight excluding hydrogens is 316 g/mol. The Labute approximate surface area is 130 Å². The van der Waals surface area contributed by atoms with Gasteiger partial charge in [0.1, 0.15) is 0 Å². The van der Waals surface area contributed by atoms with Crippen LogP contribution in [0.2, 0.25) is 0 Å². The summed E-state index contributed by atoms with van der Waals surface area (Å²) in [6.45, 7) is 2.13. The van der Waals surface area contributed by atoms with Crippen molar-refractivity contribution in [3.63, 3.8) is 0 Å². The molecule has 0 spiro atoms. The van der Waals surface area contributed by atoms with Gasteiger partial charge in [0.25, 0.3) is 0 Å². The van der Waals surface area contributed by atoms with E-state index in [1.807, 2.05) is 18.4 Å². The molecular formula is C13H19ClN2O2S2. The first-order valence-electron chi connectivity index (χ1n) is 6.14. The largest absolute Gasteiger partial charge is 0.313 e. The second-order valence-corrected chi connectivity index (χ2v) is 6.97. The van der Waals surface area contributed by atoms with Crippen LogP contribution in [0.25, 0.3) is 0 Å². The van der Waals surface area contributed by atoms with Crippen LogP contribution in [0.5, 0.6) is 0 Å². The Kier molecular flexibility index (Phi) is 7.05. The molecule has 4 nitrogen and oxygen atoms in total. The van der Waals surface area contributed by atoms with Crippen LogP contribution in [0.1, 0.15) is 6.42 Å². The second kappa shape index (κ2) is 8.05. The lowest BCUT2D eigenvalue weighted by atomic mass is 10.1. The van der Waals surface area contributed by atoms with Crippen molar-refractivity contribution in [3.8, 4) is 0 Å². The SMILES string of the molecule is CSc1cccc(S(=O)(=O)NCC2=CCNCC2)c1.Cl. The van der Waals surface area contributed by atoms with Crippen molar-refractivity contribution in [2.75, 3.05) is 25.9 Å². The predicted octanol–water partition coefficient (Wildman–Crippen LogP) is 2.03. The molecule has 1 aliphatic rings. The monoisotopic (exact) mass is 334 g/mol. The zero-order valence-corrected chi connectivity index (χ0v) is 13.7. The Morgan fingerprint density at radius 2 is 2.20 bits per heavy atom. The van der Waals surface area contributed by atoms with Crippen molar-refractivity contribution in [3.05, 3.63) is 35.9 Å². The third-order valence-corrected chi connectivity index (χ3v) is 5.12. The highest BCUT2D eigenvalue weighted by atomic mass is 35.5. The maximum Gasteiger partial charge on any atom is 0.240 e. The molecule has 0 saturated heterocycles. The number of nitrogens with one attached hydrogen (secondary N) is 2. The molecule has 0 aliphatic carbocycles. The molecule has 20 heavy (non-hydrogen) atoms. The Morgan fingerprint density at radius 1 is 1.40 bits per heavy atom. The van der Waals surface area contributed by atoms with Crippen molar-refractivity contribution in [1.82, 2.24) is 10.0 Å². The van der Waals surface area contributed by atoms with E-state index in [-0.39, 0.29) is 12.4 Å². The molecule has 1 aromatic rings. The summed E-state index contributed by atoms with van der Waals surface area (Å²) in [7, 11) is -3.42. The summed E-state index contributed by atoms with van der Waals surface area (Å²) in [4.78, 5) is 1.28. The lowest BCUT2D eigenvalue weighted by Crippen LogP contribution is -2.29. The molecule has 0 amide bonds. The van der Waals surface area contributed by atoms with Gasteiger partial charge in [-0.15, -0.1) is 24.2 Å². The van der Waals surface area contributed by atoms with Crippen LogP contribution < -0.4 is 10.0 Å². The minimum Gasteiger partial charge on any atom is -0.313 e. The molecule has 0 radical (unpaired) electrons. The highest BCUT2D eigenvalue weighted by Crippen LogP contribution is 2.19. The van der Waals surface area contributed by atoms with E-state index in [0.29, 0.717) is 11.4 Å². The van der Waals surface area contributed by atoms with Gasteiger partial charge in [0.05, 0.1) is 4.90 Å². The minimum absolute atomic E-state index is 0. The fourth-order valence-electron chi connectivity index (χ4n) is 1.87. The molecule has 0 aromatic heterocycles. The first-order chi connectivity index (χ1) is 9.12. The first-order valence-corrected chi connectivity index (χ1v) is 8.85. The molecule has 112 valence electrons. The van der Waals surface area contributed by atoms with E-state index in [1.165, 1.54) is 11.8 Å². The van der Waals surface area contributed by atoms with Crippen molar-refractivity contribution >= 4 is 34.2 Å². The summed E-state index contributed by atoms with van der Waals surface area (Å²) in [6.07, 6.45) is 4.87. The average Bonchev–Trinajstić information content (AvgIpc) is 2.46. The Morgan fingerprint density at radius 3 is 2.85 bits per heavy atom. The highest BCUT2D eigenvalue weighted by molar-refractivity contribution is 7.98. The number of hydrogen-bond donors (Lipinski definition) is 2. The van der Waals surface area contributed by atoms with Gasteiger partial charge in [-0.2, -0.15) is 0 Å². The maximum absolute atomic E-state index is 12.2. The van der Waals surface area contributed by atoms with Gasteiger partial charge in [0, 0.05) is 18.0 Å². The van der Waals surface area contributed by atoms with E-state index in [2.05, 4.69) is 10.0 Å². The fraction of sp³-hybridized carbons (Fsp3) is 0.385. The lowest BCUT2D eigenvalue weighted by Gasteiger charge is -2.15. The number of rotatable bonds is 5. The Hall–Kier alpha value is -0.530. The molecule has 2 N–H and O–H groups in total. The van der Waals surface area contributed by atoms with Crippen LogP contribution in [0.15, 0.2) is 45.7 Å². The molecule has 0 bridgehead atoms. The molecule has 2 rings (SSSR count). The zero-order valence-electron chi connectivity index (χ0n) is 11.3. The molecule has 0 fully saturated rings. The Balaban J connectivity index is 0.00000200. The van der Waals surface area contributed by atoms with Crippen LogP contribution in [0.4, 0.5) is 0 Å². The van der Waals surface area contributed by atoms with Gasteiger partial charge in [-0.25, -0.2) is 13.1 Å². The summed E-state index contributed by atoms with van der Waals surface area (Å²) < 4.78 is 27.0. The summed E-state index contributed by atoms with van der Waals surface area (Å²) >= 11 is 1.53. The summed E-state index contributed by atoms with van der Waals surface area (Å²) in [5.74, 6) is 0. The van der Waals surface area contributed by atoms with E-state index in [1.54, 1.807) is 18.2 Å². The molecule has 1 aromatic carbocycles. The molecule has 0 unspecified atom stereocenters. The summed E-state index contributed by atoms with van der Waals surface area (Å²) in [6, 6.07) is 6.99. The zero-order chi connectivity index (χ0) is 13.7. The van der Waals surface area contributed by atoms with Gasteiger partial charge in [0.15, 0.2) is 0 Å². The van der Waals surface area contributed by atoms with Gasteiger partial charge in [-0.05, 0) is 37.4 Å². The maximum atomic E-state index is 12.2. The van der Waals surface area contributed by atoms with Crippen LogP contribution in [-0.4, -0.2) is 34.3 Å². The third kappa shape index (κ3) is 4.79. The number of benzene rings is 1. The number of halogens is 1. The average molecular weight is 335 g/mol. The minimum atomic E-state index is -3.42. The van der Waals surface area contributed by atoms with Crippen molar-refractivity contribution < 1.29 is 8.42 Å². The lowest BCUT2D eigenvalue weighted by molar-refractivity contribution is 0.582. The smallest absolute Gasteiger partial charge is 0.240 e. The van der Waals surface area contributed by atoms with Gasteiger partial charge in [0.2, 0.25) is 10.0 Å². The second-order valence-electron chi connectivity index (χ2n) is 4.32. The van der Waals surface area contributed by atoms with Gasteiger partial charge in [-0.1, -0.05) is 17.7 Å². The van der Waals surface area contributed by atoms with Crippen LogP contribution in [0.3, 0.4) is 0 Å². The van der Waals surface area contributed by atoms with Crippen LogP contribution in [0, 0.1) is 0 Å². The number of sulfonamides is 1. The third-order valence-electron chi connectivity index (χ3n) is 3.00. The van der Waals surface area contributed by atoms with E-state index < -0.39 is 10.0 Å². The van der Waals surface area contributed by atoms with Gasteiger partial charge >= 0.3 is 0 Å². The fourth-order valence-corrected chi connectivity index (χ4v) is 3.49. The summed E-state index contributed by atoms with van der Waals surface area (Å²) in [5, 5.41) is 3.20. The van der Waals surface area contributed by atoms with Crippen molar-refractivity contribution in [2.24, 2.45) is 0 Å². The van der Waals surface area contributed by atoms with Crippen molar-refractivity contribution in [2.45, 2.75) is 16.2 Å². The first kappa shape index (κ1) is 17.5. The standard InChI is InChI=1S/C13H18N2O2S2.ClH/c1-18-12-3-2-4-13(9-12)19(16,17)15-10-11-5-7-14-8-6-11;/h2-5,9,14-15H,6-8,10H2,1H3;1H. The molecule has 0 atom stereocenters. The Bertz CT molecular complexity index is 573. The summed E-state index contributed by atoms with van der Waals surface area (Å²) in [5.41, 5.74) is 1.14.